The number of hydrogen-bond donors (Lipinski definition) is 0. The molecule has 0 amide bonds. The van der Waals surface area contributed by atoms with Crippen LogP contribution >= 0.6 is 11.6 Å². The molecule has 0 saturated carbocycles. The first-order valence-corrected chi connectivity index (χ1v) is 12.7. The molecule has 4 aromatic rings. The molecule has 0 spiro atoms. The third-order valence-electron chi connectivity index (χ3n) is 6.48. The molecule has 0 aliphatic carbocycles. The first-order chi connectivity index (χ1) is 19.8. The van der Waals surface area contributed by atoms with Crippen molar-refractivity contribution in [1.29, 1.82) is 0 Å². The molecule has 1 fully saturated rings. The fraction of sp³-hybridized carbons (Fsp3) is 0.200. The molecule has 6 nitrogen and oxygen atoms in total. The van der Waals surface area contributed by atoms with Crippen molar-refractivity contribution in [3.8, 4) is 11.1 Å². The van der Waals surface area contributed by atoms with Crippen molar-refractivity contribution in [3.05, 3.63) is 124 Å². The summed E-state index contributed by atoms with van der Waals surface area (Å²) in [6, 6.07) is 10.8. The maximum absolute atomic E-state index is 13.8. The molecule has 1 aliphatic rings. The highest BCUT2D eigenvalue weighted by molar-refractivity contribution is 6.62. The van der Waals surface area contributed by atoms with Gasteiger partial charge in [0.2, 0.25) is 0 Å². The summed E-state index contributed by atoms with van der Waals surface area (Å²) in [4.78, 5) is 13.5. The zero-order valence-electron chi connectivity index (χ0n) is 23.0. The minimum Gasteiger partial charge on any atom is -0.399 e. The number of aromatic nitrogens is 2. The first kappa shape index (κ1) is 32.2. The Kier molecular flexibility index (Phi) is 10.4. The van der Waals surface area contributed by atoms with Crippen LogP contribution in [0.4, 0.5) is 28.9 Å². The van der Waals surface area contributed by atoms with Crippen molar-refractivity contribution in [1.82, 2.24) is 9.97 Å². The lowest BCUT2D eigenvalue weighted by molar-refractivity contribution is 0.00578. The Bertz CT molecular complexity index is 1620. The van der Waals surface area contributed by atoms with E-state index in [2.05, 4.69) is 19.7 Å². The minimum absolute atomic E-state index is 0.0772. The maximum Gasteiger partial charge on any atom is 0.496 e. The van der Waals surface area contributed by atoms with Crippen LogP contribution in [-0.2, 0) is 9.31 Å². The third-order valence-corrected chi connectivity index (χ3v) is 6.79. The molecule has 5 rings (SSSR count). The van der Waals surface area contributed by atoms with Crippen LogP contribution in [0, 0.1) is 36.4 Å². The van der Waals surface area contributed by atoms with Crippen molar-refractivity contribution in [2.75, 3.05) is 0 Å². The Morgan fingerprint density at radius 1 is 0.690 bits per heavy atom. The zero-order valence-corrected chi connectivity index (χ0v) is 23.8. The Balaban J connectivity index is 0.000000185. The number of nitrogens with zero attached hydrogens (tertiary/aromatic N) is 4. The molecule has 1 saturated heterocycles. The Labute approximate surface area is 246 Å². The van der Waals surface area contributed by atoms with Gasteiger partial charge < -0.3 is 9.31 Å². The van der Waals surface area contributed by atoms with Gasteiger partial charge >= 0.3 is 7.12 Å². The van der Waals surface area contributed by atoms with Crippen LogP contribution in [0.2, 0.25) is 5.02 Å². The number of benzene rings is 2. The van der Waals surface area contributed by atoms with E-state index in [0.29, 0.717) is 5.69 Å². The molecule has 0 unspecified atom stereocenters. The normalized spacial score (nSPS) is 14.4. The molecule has 214 valence electrons. The Hall–Kier alpha value is -4.29. The highest BCUT2D eigenvalue weighted by Gasteiger charge is 2.52. The Morgan fingerprint density at radius 3 is 1.71 bits per heavy atom. The van der Waals surface area contributed by atoms with E-state index in [1.54, 1.807) is 0 Å². The van der Waals surface area contributed by atoms with Crippen LogP contribution in [0.25, 0.3) is 20.8 Å². The summed E-state index contributed by atoms with van der Waals surface area (Å²) in [5, 5.41) is 0.111. The van der Waals surface area contributed by atoms with Gasteiger partial charge in [-0.25, -0.2) is 27.3 Å². The average Bonchev–Trinajstić information content (AvgIpc) is 3.18. The summed E-state index contributed by atoms with van der Waals surface area (Å²) < 4.78 is 64.3. The molecule has 2 aromatic heterocycles. The fourth-order valence-corrected chi connectivity index (χ4v) is 3.60. The summed E-state index contributed by atoms with van der Waals surface area (Å²) in [5.74, 6) is -2.06. The molecule has 0 atom stereocenters. The summed E-state index contributed by atoms with van der Waals surface area (Å²) in [6.07, 6.45) is 4.90. The second-order valence-corrected chi connectivity index (χ2v) is 10.2. The van der Waals surface area contributed by atoms with E-state index in [-0.39, 0.29) is 27.3 Å². The molecule has 0 bridgehead atoms. The Morgan fingerprint density at radius 2 is 1.21 bits per heavy atom. The second kappa shape index (κ2) is 13.6. The minimum atomic E-state index is -0.767. The van der Waals surface area contributed by atoms with Crippen molar-refractivity contribution in [3.63, 3.8) is 0 Å². The molecule has 42 heavy (non-hydrogen) atoms. The highest BCUT2D eigenvalue weighted by Crippen LogP contribution is 2.37. The lowest BCUT2D eigenvalue weighted by atomic mass is 9.78. The van der Waals surface area contributed by atoms with Gasteiger partial charge in [-0.2, -0.15) is 0 Å². The molecule has 0 radical (unpaired) electrons. The van der Waals surface area contributed by atoms with Gasteiger partial charge in [-0.3, -0.25) is 9.97 Å². The van der Waals surface area contributed by atoms with Crippen LogP contribution in [0.3, 0.4) is 0 Å². The van der Waals surface area contributed by atoms with E-state index in [1.165, 1.54) is 54.9 Å². The summed E-state index contributed by atoms with van der Waals surface area (Å²) >= 11 is 5.29. The molecule has 12 heteroatoms. The van der Waals surface area contributed by atoms with Crippen LogP contribution in [-0.4, -0.2) is 28.3 Å². The molecular formula is C30H24BClF4N4O2. The highest BCUT2D eigenvalue weighted by atomic mass is 35.5. The van der Waals surface area contributed by atoms with Crippen LogP contribution in [0.1, 0.15) is 27.7 Å². The van der Waals surface area contributed by atoms with Gasteiger partial charge in [0.25, 0.3) is 0 Å². The van der Waals surface area contributed by atoms with Crippen molar-refractivity contribution in [2.24, 2.45) is 0 Å². The molecule has 1 aliphatic heterocycles. The van der Waals surface area contributed by atoms with E-state index in [1.807, 2.05) is 27.7 Å². The quantitative estimate of drug-likeness (QED) is 0.134. The second-order valence-electron chi connectivity index (χ2n) is 9.83. The molecule has 2 aromatic carbocycles. The average molecular weight is 595 g/mol. The number of pyridine rings is 2. The van der Waals surface area contributed by atoms with Gasteiger partial charge in [0.1, 0.15) is 17.5 Å². The van der Waals surface area contributed by atoms with Gasteiger partial charge in [0, 0.05) is 29.0 Å². The van der Waals surface area contributed by atoms with Crippen LogP contribution < -0.4 is 5.46 Å². The van der Waals surface area contributed by atoms with Crippen LogP contribution in [0.5, 0.6) is 0 Å². The van der Waals surface area contributed by atoms with Crippen molar-refractivity contribution >= 4 is 35.6 Å². The van der Waals surface area contributed by atoms with Crippen molar-refractivity contribution in [2.45, 2.75) is 38.9 Å². The molecular weight excluding hydrogens is 571 g/mol. The van der Waals surface area contributed by atoms with E-state index in [9.17, 15) is 17.6 Å². The SMILES string of the molecule is Fc1cnccc1Cl.[C-]#[N+]c1ccc(F)c(-c2ccncc2F)c1.[C-]#[N+]c1ccc(F)c(B2OC(C)(C)C(C)(C)O2)c1. The molecule has 3 heterocycles. The van der Waals surface area contributed by atoms with E-state index in [0.717, 1.165) is 18.5 Å². The zero-order chi connectivity index (χ0) is 31.1. The number of rotatable bonds is 2. The van der Waals surface area contributed by atoms with Crippen LogP contribution in [0.15, 0.2) is 73.3 Å². The molecule has 0 N–H and O–H groups in total. The topological polar surface area (TPSA) is 53.0 Å². The summed E-state index contributed by atoms with van der Waals surface area (Å²) in [7, 11) is -0.767. The van der Waals surface area contributed by atoms with Gasteiger partial charge in [-0.1, -0.05) is 29.8 Å². The van der Waals surface area contributed by atoms with Gasteiger partial charge in [-0.15, -0.1) is 0 Å². The van der Waals surface area contributed by atoms with E-state index < -0.39 is 41.6 Å². The monoisotopic (exact) mass is 594 g/mol. The number of halogens is 5. The number of hydrogen-bond acceptors (Lipinski definition) is 4. The lowest BCUT2D eigenvalue weighted by Gasteiger charge is -2.32. The summed E-state index contributed by atoms with van der Waals surface area (Å²) in [5.41, 5.74) is 0.0819. The fourth-order valence-electron chi connectivity index (χ4n) is 3.49. The van der Waals surface area contributed by atoms with E-state index in [4.69, 9.17) is 34.1 Å². The lowest BCUT2D eigenvalue weighted by Crippen LogP contribution is -2.41. The van der Waals surface area contributed by atoms with E-state index >= 15 is 0 Å². The predicted molar refractivity (Wildman–Crippen MR) is 153 cm³/mol. The van der Waals surface area contributed by atoms with Crippen molar-refractivity contribution < 1.29 is 26.9 Å². The summed E-state index contributed by atoms with van der Waals surface area (Å²) in [6.45, 7) is 21.4. The smallest absolute Gasteiger partial charge is 0.399 e. The standard InChI is InChI=1S/C13H15BFNO2.C12H6F2N2.C5H3ClFN/c1-12(2)13(3,4)18-14(17-12)10-8-9(16-5)6-7-11(10)15;1-15-8-2-3-11(13)10(6-8)9-4-5-16-7-12(9)14;6-4-1-2-8-3-5(4)7/h6-8H,1-4H3;2-7H;1-3H. The third kappa shape index (κ3) is 7.71. The predicted octanol–water partition coefficient (Wildman–Crippen LogP) is 8.13. The van der Waals surface area contributed by atoms with Gasteiger partial charge in [0.05, 0.1) is 41.8 Å². The first-order valence-electron chi connectivity index (χ1n) is 12.3. The maximum atomic E-state index is 13.8. The largest absolute Gasteiger partial charge is 0.496 e. The van der Waals surface area contributed by atoms with Gasteiger partial charge in [-0.05, 0) is 58.0 Å². The van der Waals surface area contributed by atoms with Gasteiger partial charge in [0.15, 0.2) is 17.2 Å².